The molecule has 3 aromatic carbocycles. The number of benzene rings is 3. The average molecular weight is 399 g/mol. The summed E-state index contributed by atoms with van der Waals surface area (Å²) in [6.45, 7) is 2.85. The molecule has 30 heavy (non-hydrogen) atoms. The van der Waals surface area contributed by atoms with Crippen LogP contribution in [0.1, 0.15) is 46.9 Å². The van der Waals surface area contributed by atoms with Crippen molar-refractivity contribution in [2.24, 2.45) is 0 Å². The molecule has 1 saturated heterocycles. The van der Waals surface area contributed by atoms with E-state index in [1.807, 2.05) is 71.6 Å². The molecule has 0 aromatic heterocycles. The van der Waals surface area contributed by atoms with E-state index in [0.29, 0.717) is 16.8 Å². The second-order valence-electron chi connectivity index (χ2n) is 7.75. The second kappa shape index (κ2) is 8.95. The maximum Gasteiger partial charge on any atom is 0.256 e. The Hall–Kier alpha value is -3.40. The summed E-state index contributed by atoms with van der Waals surface area (Å²) in [4.78, 5) is 28.3. The molecule has 1 aliphatic heterocycles. The molecule has 1 fully saturated rings. The van der Waals surface area contributed by atoms with Crippen molar-refractivity contribution >= 4 is 17.5 Å². The van der Waals surface area contributed by atoms with E-state index in [-0.39, 0.29) is 17.9 Å². The van der Waals surface area contributed by atoms with Crippen molar-refractivity contribution in [3.63, 3.8) is 0 Å². The number of hydrogen-bond donors (Lipinski definition) is 1. The van der Waals surface area contributed by atoms with Crippen molar-refractivity contribution in [1.82, 2.24) is 4.90 Å². The molecule has 0 radical (unpaired) electrons. The van der Waals surface area contributed by atoms with Gasteiger partial charge < -0.3 is 10.2 Å². The topological polar surface area (TPSA) is 49.4 Å². The summed E-state index contributed by atoms with van der Waals surface area (Å²) >= 11 is 0. The molecule has 0 unspecified atom stereocenters. The molecule has 152 valence electrons. The molecule has 1 N–H and O–H groups in total. The lowest BCUT2D eigenvalue weighted by Gasteiger charge is -2.34. The van der Waals surface area contributed by atoms with Crippen LogP contribution in [-0.2, 0) is 0 Å². The summed E-state index contributed by atoms with van der Waals surface area (Å²) < 4.78 is 0. The smallest absolute Gasteiger partial charge is 0.256 e. The maximum absolute atomic E-state index is 13.2. The minimum Gasteiger partial charge on any atom is -0.336 e. The Labute approximate surface area is 177 Å². The quantitative estimate of drug-likeness (QED) is 0.620. The fourth-order valence-electron chi connectivity index (χ4n) is 4.07. The van der Waals surface area contributed by atoms with E-state index < -0.39 is 0 Å². The highest BCUT2D eigenvalue weighted by Gasteiger charge is 2.26. The van der Waals surface area contributed by atoms with Crippen LogP contribution in [0.2, 0.25) is 0 Å². The van der Waals surface area contributed by atoms with E-state index in [4.69, 9.17) is 0 Å². The molecular weight excluding hydrogens is 372 g/mol. The van der Waals surface area contributed by atoms with Gasteiger partial charge in [-0.3, -0.25) is 9.59 Å². The van der Waals surface area contributed by atoms with Crippen LogP contribution in [0.4, 0.5) is 5.69 Å². The van der Waals surface area contributed by atoms with Crippen LogP contribution in [0.5, 0.6) is 0 Å². The highest BCUT2D eigenvalue weighted by molar-refractivity contribution is 6.11. The van der Waals surface area contributed by atoms with Crippen LogP contribution in [-0.4, -0.2) is 29.3 Å². The van der Waals surface area contributed by atoms with E-state index >= 15 is 0 Å². The molecule has 2 amide bonds. The van der Waals surface area contributed by atoms with Crippen molar-refractivity contribution < 1.29 is 9.59 Å². The van der Waals surface area contributed by atoms with Crippen molar-refractivity contribution in [3.05, 3.63) is 90.0 Å². The molecule has 0 bridgehead atoms. The molecule has 4 rings (SSSR count). The van der Waals surface area contributed by atoms with E-state index in [2.05, 4.69) is 12.2 Å². The lowest BCUT2D eigenvalue weighted by atomic mass is 9.99. The Balaban J connectivity index is 1.62. The Morgan fingerprint density at radius 3 is 2.27 bits per heavy atom. The van der Waals surface area contributed by atoms with Crippen LogP contribution >= 0.6 is 0 Å². The van der Waals surface area contributed by atoms with Crippen LogP contribution in [0.3, 0.4) is 0 Å². The third kappa shape index (κ3) is 4.13. The van der Waals surface area contributed by atoms with Gasteiger partial charge in [0, 0.05) is 18.2 Å². The molecule has 0 aliphatic carbocycles. The van der Waals surface area contributed by atoms with E-state index in [9.17, 15) is 9.59 Å². The summed E-state index contributed by atoms with van der Waals surface area (Å²) in [5.74, 6) is -0.240. The lowest BCUT2D eigenvalue weighted by Crippen LogP contribution is -2.42. The molecule has 3 aromatic rings. The van der Waals surface area contributed by atoms with Gasteiger partial charge in [-0.2, -0.15) is 0 Å². The lowest BCUT2D eigenvalue weighted by molar-refractivity contribution is 0.0636. The fourth-order valence-corrected chi connectivity index (χ4v) is 4.07. The standard InChI is InChI=1S/C26H26N2O2/c1-19-11-9-10-18-28(19)26(30)23-16-7-8-17-24(23)27-25(29)22-15-6-5-14-21(22)20-12-3-2-4-13-20/h2-8,12-17,19H,9-11,18H2,1H3,(H,27,29)/t19-/m0/s1. The number of rotatable bonds is 4. The number of likely N-dealkylation sites (tertiary alicyclic amines) is 1. The van der Waals surface area contributed by atoms with Gasteiger partial charge in [-0.05, 0) is 55.5 Å². The molecule has 0 saturated carbocycles. The number of nitrogens with one attached hydrogen (secondary N) is 1. The zero-order valence-electron chi connectivity index (χ0n) is 17.2. The average Bonchev–Trinajstić information content (AvgIpc) is 2.80. The summed E-state index contributed by atoms with van der Waals surface area (Å²) in [6, 6.07) is 24.9. The monoisotopic (exact) mass is 398 g/mol. The first-order valence-electron chi connectivity index (χ1n) is 10.5. The van der Waals surface area contributed by atoms with Gasteiger partial charge in [-0.1, -0.05) is 60.7 Å². The largest absolute Gasteiger partial charge is 0.336 e. The number of nitrogens with zero attached hydrogens (tertiary/aromatic N) is 1. The molecule has 1 atom stereocenters. The first-order valence-corrected chi connectivity index (χ1v) is 10.5. The number of anilines is 1. The van der Waals surface area contributed by atoms with Gasteiger partial charge in [-0.15, -0.1) is 0 Å². The Bertz CT molecular complexity index is 1050. The van der Waals surface area contributed by atoms with Crippen molar-refractivity contribution in [2.75, 3.05) is 11.9 Å². The molecular formula is C26H26N2O2. The predicted octanol–water partition coefficient (Wildman–Crippen LogP) is 5.62. The Morgan fingerprint density at radius 2 is 1.50 bits per heavy atom. The number of carbonyl (C=O) groups is 2. The third-order valence-corrected chi connectivity index (χ3v) is 5.73. The minimum absolute atomic E-state index is 0.0190. The molecule has 4 heteroatoms. The summed E-state index contributed by atoms with van der Waals surface area (Å²) in [5.41, 5.74) is 3.51. The first-order chi connectivity index (χ1) is 14.6. The van der Waals surface area contributed by atoms with Gasteiger partial charge in [-0.25, -0.2) is 0 Å². The normalized spacial score (nSPS) is 16.2. The maximum atomic E-state index is 13.2. The number of para-hydroxylation sites is 1. The van der Waals surface area contributed by atoms with Crippen LogP contribution in [0.25, 0.3) is 11.1 Å². The van der Waals surface area contributed by atoms with Crippen molar-refractivity contribution in [1.29, 1.82) is 0 Å². The van der Waals surface area contributed by atoms with Gasteiger partial charge >= 0.3 is 0 Å². The molecule has 1 aliphatic rings. The Kier molecular flexibility index (Phi) is 5.94. The first kappa shape index (κ1) is 19.9. The van der Waals surface area contributed by atoms with Crippen molar-refractivity contribution in [3.8, 4) is 11.1 Å². The molecule has 0 spiro atoms. The van der Waals surface area contributed by atoms with Gasteiger partial charge in [0.2, 0.25) is 0 Å². The summed E-state index contributed by atoms with van der Waals surface area (Å²) in [5, 5.41) is 2.99. The summed E-state index contributed by atoms with van der Waals surface area (Å²) in [6.07, 6.45) is 3.19. The molecule has 4 nitrogen and oxygen atoms in total. The Morgan fingerprint density at radius 1 is 0.833 bits per heavy atom. The predicted molar refractivity (Wildman–Crippen MR) is 121 cm³/mol. The van der Waals surface area contributed by atoms with Gasteiger partial charge in [0.15, 0.2) is 0 Å². The minimum atomic E-state index is -0.221. The molecule has 1 heterocycles. The van der Waals surface area contributed by atoms with Gasteiger partial charge in [0.25, 0.3) is 11.8 Å². The fraction of sp³-hybridized carbons (Fsp3) is 0.231. The number of hydrogen-bond acceptors (Lipinski definition) is 2. The highest BCUT2D eigenvalue weighted by Crippen LogP contribution is 2.26. The van der Waals surface area contributed by atoms with Crippen LogP contribution in [0, 0.1) is 0 Å². The number of carbonyl (C=O) groups excluding carboxylic acids is 2. The van der Waals surface area contributed by atoms with E-state index in [0.717, 1.165) is 36.9 Å². The van der Waals surface area contributed by atoms with Crippen molar-refractivity contribution in [2.45, 2.75) is 32.2 Å². The second-order valence-corrected chi connectivity index (χ2v) is 7.75. The van der Waals surface area contributed by atoms with E-state index in [1.165, 1.54) is 0 Å². The summed E-state index contributed by atoms with van der Waals surface area (Å²) in [7, 11) is 0. The van der Waals surface area contributed by atoms with E-state index in [1.54, 1.807) is 12.1 Å². The zero-order chi connectivity index (χ0) is 20.9. The zero-order valence-corrected chi connectivity index (χ0v) is 17.2. The van der Waals surface area contributed by atoms with Gasteiger partial charge in [0.05, 0.1) is 11.3 Å². The highest BCUT2D eigenvalue weighted by atomic mass is 16.2. The number of amides is 2. The van der Waals surface area contributed by atoms with Crippen LogP contribution in [0.15, 0.2) is 78.9 Å². The third-order valence-electron chi connectivity index (χ3n) is 5.73. The SMILES string of the molecule is C[C@H]1CCCCN1C(=O)c1ccccc1NC(=O)c1ccccc1-c1ccccc1. The van der Waals surface area contributed by atoms with Crippen LogP contribution < -0.4 is 5.32 Å². The number of piperidine rings is 1. The van der Waals surface area contributed by atoms with Gasteiger partial charge in [0.1, 0.15) is 0 Å².